The Balaban J connectivity index is 1.49. The van der Waals surface area contributed by atoms with Crippen LogP contribution in [-0.4, -0.2) is 56.7 Å². The van der Waals surface area contributed by atoms with Gasteiger partial charge in [-0.25, -0.2) is 9.78 Å². The molecule has 3 amide bonds. The van der Waals surface area contributed by atoms with E-state index in [4.69, 9.17) is 4.74 Å². The van der Waals surface area contributed by atoms with Crippen LogP contribution in [0.5, 0.6) is 0 Å². The average molecular weight is 661 g/mol. The highest BCUT2D eigenvalue weighted by Crippen LogP contribution is 2.21. The molecule has 2 aromatic heterocycles. The second kappa shape index (κ2) is 16.2. The van der Waals surface area contributed by atoms with E-state index < -0.39 is 53.7 Å². The lowest BCUT2D eigenvalue weighted by Gasteiger charge is -2.25. The van der Waals surface area contributed by atoms with Crippen molar-refractivity contribution in [2.75, 3.05) is 11.9 Å². The fourth-order valence-electron chi connectivity index (χ4n) is 4.60. The summed E-state index contributed by atoms with van der Waals surface area (Å²) < 4.78 is 36.3. The van der Waals surface area contributed by atoms with Crippen molar-refractivity contribution in [3.05, 3.63) is 113 Å². The van der Waals surface area contributed by atoms with E-state index in [1.165, 1.54) is 26.2 Å². The van der Waals surface area contributed by atoms with Gasteiger partial charge in [-0.15, -0.1) is 0 Å². The molecule has 0 aliphatic carbocycles. The van der Waals surface area contributed by atoms with Crippen LogP contribution < -0.4 is 21.5 Å². The first-order valence-electron chi connectivity index (χ1n) is 15.0. The number of carbonyl (C=O) groups is 4. The maximum absolute atomic E-state index is 15.1. The molecule has 0 saturated heterocycles. The highest BCUT2D eigenvalue weighted by atomic mass is 19.3. The van der Waals surface area contributed by atoms with Crippen LogP contribution in [0.4, 0.5) is 19.3 Å². The van der Waals surface area contributed by atoms with E-state index in [9.17, 15) is 24.0 Å². The molecule has 0 aliphatic rings. The summed E-state index contributed by atoms with van der Waals surface area (Å²) in [6.45, 7) is 1.86. The van der Waals surface area contributed by atoms with Gasteiger partial charge in [0.1, 0.15) is 24.7 Å². The van der Waals surface area contributed by atoms with Gasteiger partial charge in [0.05, 0.1) is 12.2 Å². The summed E-state index contributed by atoms with van der Waals surface area (Å²) in [4.78, 5) is 72.8. The Hall–Kier alpha value is -5.79. The van der Waals surface area contributed by atoms with Gasteiger partial charge in [-0.1, -0.05) is 74.5 Å². The minimum atomic E-state index is -4.46. The standard InChI is InChI=1S/C34H34F2N6O6/c1-22(2)28(29(44)34(35,36)32(46)38-18-15-23-13-16-37-17-14-23)41-27(43)20-42-30(25-11-7-4-8-12-25)39-19-26(31(42)45)40-33(47)48-21-24-9-5-3-6-10-24/h3-14,16-17,19,22,28H,15,18,20-21H2,1-2H3,(H,38,46)(H,40,47)(H,41,43). The summed E-state index contributed by atoms with van der Waals surface area (Å²) in [5.41, 5.74) is 0.734. The maximum atomic E-state index is 15.1. The highest BCUT2D eigenvalue weighted by molar-refractivity contribution is 6.10. The van der Waals surface area contributed by atoms with Crippen LogP contribution >= 0.6 is 0 Å². The number of pyridine rings is 1. The first kappa shape index (κ1) is 35.1. The molecule has 0 radical (unpaired) electrons. The number of rotatable bonds is 14. The zero-order valence-electron chi connectivity index (χ0n) is 26.2. The van der Waals surface area contributed by atoms with Crippen molar-refractivity contribution in [1.29, 1.82) is 0 Å². The number of nitrogens with one attached hydrogen (secondary N) is 3. The third kappa shape index (κ3) is 9.15. The van der Waals surface area contributed by atoms with Crippen molar-refractivity contribution in [1.82, 2.24) is 25.2 Å². The van der Waals surface area contributed by atoms with Crippen molar-refractivity contribution in [3.8, 4) is 11.4 Å². The Morgan fingerprint density at radius 3 is 2.21 bits per heavy atom. The second-order valence-electron chi connectivity index (χ2n) is 11.0. The zero-order valence-corrected chi connectivity index (χ0v) is 26.2. The normalized spacial score (nSPS) is 11.8. The first-order chi connectivity index (χ1) is 23.0. The molecular formula is C34H34F2N6O6. The van der Waals surface area contributed by atoms with E-state index in [2.05, 4.69) is 25.9 Å². The zero-order chi connectivity index (χ0) is 34.7. The molecule has 0 spiro atoms. The molecule has 14 heteroatoms. The summed E-state index contributed by atoms with van der Waals surface area (Å²) in [6, 6.07) is 18.7. The van der Waals surface area contributed by atoms with Gasteiger partial charge in [-0.2, -0.15) is 8.78 Å². The Morgan fingerprint density at radius 2 is 1.56 bits per heavy atom. The SMILES string of the molecule is CC(C)C(NC(=O)Cn1c(-c2ccccc2)ncc(NC(=O)OCc2ccccc2)c1=O)C(=O)C(F)(F)C(=O)NCCc1ccncc1. The number of ether oxygens (including phenoxy) is 1. The number of Topliss-reactive ketones (excluding diaryl/α,β-unsaturated/α-hetero) is 1. The Kier molecular flexibility index (Phi) is 11.8. The number of ketones is 1. The second-order valence-corrected chi connectivity index (χ2v) is 11.0. The minimum Gasteiger partial charge on any atom is -0.444 e. The van der Waals surface area contributed by atoms with Crippen LogP contribution in [0.1, 0.15) is 25.0 Å². The van der Waals surface area contributed by atoms with Gasteiger partial charge >= 0.3 is 12.0 Å². The lowest BCUT2D eigenvalue weighted by molar-refractivity contribution is -0.161. The average Bonchev–Trinajstić information content (AvgIpc) is 3.09. The van der Waals surface area contributed by atoms with Crippen LogP contribution in [0.25, 0.3) is 11.4 Å². The Labute approximate surface area is 274 Å². The molecule has 0 saturated carbocycles. The smallest absolute Gasteiger partial charge is 0.412 e. The Bertz CT molecular complexity index is 1790. The highest BCUT2D eigenvalue weighted by Gasteiger charge is 2.51. The van der Waals surface area contributed by atoms with Crippen LogP contribution in [0.3, 0.4) is 0 Å². The molecule has 0 aliphatic heterocycles. The number of carbonyl (C=O) groups excluding carboxylic acids is 4. The summed E-state index contributed by atoms with van der Waals surface area (Å²) in [5, 5.41) is 6.65. The molecule has 0 fully saturated rings. The number of amides is 3. The Morgan fingerprint density at radius 1 is 0.917 bits per heavy atom. The lowest BCUT2D eigenvalue weighted by Crippen LogP contribution is -2.57. The number of hydrogen-bond donors (Lipinski definition) is 3. The predicted octanol–water partition coefficient (Wildman–Crippen LogP) is 3.76. The molecule has 48 heavy (non-hydrogen) atoms. The number of aromatic nitrogens is 3. The van der Waals surface area contributed by atoms with Crippen LogP contribution in [0, 0.1) is 5.92 Å². The van der Waals surface area contributed by atoms with E-state index in [0.717, 1.165) is 16.3 Å². The van der Waals surface area contributed by atoms with Crippen molar-refractivity contribution in [2.24, 2.45) is 5.92 Å². The molecule has 12 nitrogen and oxygen atoms in total. The molecule has 0 bridgehead atoms. The quantitative estimate of drug-likeness (QED) is 0.172. The molecular weight excluding hydrogens is 626 g/mol. The van der Waals surface area contributed by atoms with E-state index in [-0.39, 0.29) is 31.1 Å². The summed E-state index contributed by atoms with van der Waals surface area (Å²) in [6.07, 6.45) is 3.43. The van der Waals surface area contributed by atoms with Gasteiger partial charge in [0, 0.05) is 24.5 Å². The summed E-state index contributed by atoms with van der Waals surface area (Å²) >= 11 is 0. The van der Waals surface area contributed by atoms with Gasteiger partial charge in [0.15, 0.2) is 0 Å². The lowest BCUT2D eigenvalue weighted by atomic mass is 9.95. The van der Waals surface area contributed by atoms with Crippen molar-refractivity contribution >= 4 is 29.4 Å². The van der Waals surface area contributed by atoms with Gasteiger partial charge < -0.3 is 15.4 Å². The van der Waals surface area contributed by atoms with E-state index in [1.54, 1.807) is 72.8 Å². The van der Waals surface area contributed by atoms with E-state index in [0.29, 0.717) is 11.1 Å². The van der Waals surface area contributed by atoms with Gasteiger partial charge in [0.2, 0.25) is 11.7 Å². The number of anilines is 1. The fraction of sp³-hybridized carbons (Fsp3) is 0.265. The predicted molar refractivity (Wildman–Crippen MR) is 172 cm³/mol. The molecule has 2 aromatic carbocycles. The number of hydrogen-bond acceptors (Lipinski definition) is 8. The monoisotopic (exact) mass is 660 g/mol. The van der Waals surface area contributed by atoms with Crippen molar-refractivity contribution < 1.29 is 32.7 Å². The number of alkyl halides is 2. The van der Waals surface area contributed by atoms with E-state index >= 15 is 8.78 Å². The molecule has 4 rings (SSSR count). The van der Waals surface area contributed by atoms with Crippen molar-refractivity contribution in [3.63, 3.8) is 0 Å². The largest absolute Gasteiger partial charge is 0.444 e. The number of halogens is 2. The first-order valence-corrected chi connectivity index (χ1v) is 15.0. The number of benzene rings is 2. The van der Waals surface area contributed by atoms with Crippen LogP contribution in [0.2, 0.25) is 0 Å². The topological polar surface area (TPSA) is 161 Å². The van der Waals surface area contributed by atoms with Crippen LogP contribution in [0.15, 0.2) is 96.2 Å². The molecule has 250 valence electrons. The summed E-state index contributed by atoms with van der Waals surface area (Å²) in [7, 11) is 0. The third-order valence-electron chi connectivity index (χ3n) is 7.14. The number of nitrogens with zero attached hydrogens (tertiary/aromatic N) is 3. The fourth-order valence-corrected chi connectivity index (χ4v) is 4.60. The van der Waals surface area contributed by atoms with Crippen molar-refractivity contribution in [2.45, 2.75) is 45.4 Å². The van der Waals surface area contributed by atoms with E-state index in [1.807, 2.05) is 0 Å². The maximum Gasteiger partial charge on any atom is 0.412 e. The van der Waals surface area contributed by atoms with Crippen LogP contribution in [-0.2, 0) is 38.7 Å². The minimum absolute atomic E-state index is 0.0327. The molecule has 1 atom stereocenters. The third-order valence-corrected chi connectivity index (χ3v) is 7.14. The molecule has 3 N–H and O–H groups in total. The van der Waals surface area contributed by atoms with Gasteiger partial charge in [-0.05, 0) is 35.6 Å². The molecule has 4 aromatic rings. The van der Waals surface area contributed by atoms with Gasteiger partial charge in [-0.3, -0.25) is 34.0 Å². The van der Waals surface area contributed by atoms with Gasteiger partial charge in [0.25, 0.3) is 11.5 Å². The molecule has 1 unspecified atom stereocenters. The molecule has 2 heterocycles. The summed E-state index contributed by atoms with van der Waals surface area (Å²) in [5.74, 6) is -9.87.